The molecular weight excluding hydrogens is 1720 g/mol. The zero-order valence-corrected chi connectivity index (χ0v) is 76.5. The maximum Gasteiger partial charge on any atom is 0.161 e. The lowest BCUT2D eigenvalue weighted by atomic mass is 9.92. The minimum atomic E-state index is 0.730. The molecule has 0 saturated carbocycles. The predicted molar refractivity (Wildman–Crippen MR) is 586 cm³/mol. The molecule has 28 rings (SSSR count). The Hall–Kier alpha value is -18.5. The second-order valence-electron chi connectivity index (χ2n) is 35.4. The van der Waals surface area contributed by atoms with Crippen molar-refractivity contribution in [3.05, 3.63) is 492 Å². The van der Waals surface area contributed by atoms with Gasteiger partial charge in [-0.1, -0.05) is 382 Å². The molecule has 0 aliphatic carbocycles. The van der Waals surface area contributed by atoms with Gasteiger partial charge in [0.05, 0.1) is 54.7 Å². The Morgan fingerprint density at radius 3 is 0.943 bits per heavy atom. The highest BCUT2D eigenvalue weighted by atomic mass is 32.1. The van der Waals surface area contributed by atoms with Crippen molar-refractivity contribution >= 4 is 151 Å². The minimum Gasteiger partial charge on any atom is -0.292 e. The van der Waals surface area contributed by atoms with E-state index in [4.69, 9.17) is 29.9 Å². The number of aromatic nitrogens is 9. The normalized spacial score (nSPS) is 11.6. The summed E-state index contributed by atoms with van der Waals surface area (Å²) in [6.45, 7) is 0. The van der Waals surface area contributed by atoms with E-state index < -0.39 is 0 Å². The van der Waals surface area contributed by atoms with Gasteiger partial charge in [-0.15, -0.1) is 11.3 Å². The highest BCUT2D eigenvalue weighted by Gasteiger charge is 2.25. The third kappa shape index (κ3) is 14.7. The summed E-state index contributed by atoms with van der Waals surface area (Å²) in [6.07, 6.45) is 5.61. The first-order valence-electron chi connectivity index (χ1n) is 47.2. The average Bonchev–Trinajstić information content (AvgIpc) is 1.51. The van der Waals surface area contributed by atoms with Gasteiger partial charge in [-0.05, 0) is 206 Å². The number of rotatable bonds is 12. The molecule has 0 unspecified atom stereocenters. The monoisotopic (exact) mass is 1800 g/mol. The molecule has 0 amide bonds. The number of para-hydroxylation sites is 4. The summed E-state index contributed by atoms with van der Waals surface area (Å²) >= 11 is 1.76. The summed E-state index contributed by atoms with van der Waals surface area (Å²) in [6, 6.07) is 167. The quantitative estimate of drug-likeness (QED) is 0.111. The molecule has 0 spiro atoms. The lowest BCUT2D eigenvalue weighted by Crippen LogP contribution is -1.98. The Morgan fingerprint density at radius 2 is 0.500 bits per heavy atom. The van der Waals surface area contributed by atoms with Crippen molar-refractivity contribution in [1.29, 1.82) is 0 Å². The topological polar surface area (TPSA) is 108 Å². The molecule has 0 aliphatic rings. The summed E-state index contributed by atoms with van der Waals surface area (Å²) < 4.78 is 4.61. The number of thiophene rings is 1. The highest BCUT2D eigenvalue weighted by Crippen LogP contribution is 2.47. The molecule has 21 aromatic carbocycles. The molecule has 0 radical (unpaired) electrons. The number of hydrogen-bond donors (Lipinski definition) is 0. The van der Waals surface area contributed by atoms with E-state index in [-0.39, 0.29) is 0 Å². The zero-order valence-electron chi connectivity index (χ0n) is 75.7. The van der Waals surface area contributed by atoms with E-state index in [1.54, 1.807) is 11.3 Å². The van der Waals surface area contributed by atoms with Gasteiger partial charge < -0.3 is 0 Å². The first-order chi connectivity index (χ1) is 69.4. The molecule has 0 atom stereocenters. The Labute approximate surface area is 810 Å². The third-order valence-electron chi connectivity index (χ3n) is 27.3. The van der Waals surface area contributed by atoms with Gasteiger partial charge in [0.1, 0.15) is 5.82 Å². The van der Waals surface area contributed by atoms with Crippen LogP contribution < -0.4 is 0 Å². The molecule has 140 heavy (non-hydrogen) atoms. The van der Waals surface area contributed by atoms with Crippen molar-refractivity contribution in [2.45, 2.75) is 0 Å². The first-order valence-corrected chi connectivity index (χ1v) is 48.0. The summed E-state index contributed by atoms with van der Waals surface area (Å²) in [5.74, 6) is 2.41. The van der Waals surface area contributed by atoms with Crippen LogP contribution in [0, 0.1) is 0 Å². The van der Waals surface area contributed by atoms with Gasteiger partial charge in [0.15, 0.2) is 11.6 Å². The predicted octanol–water partition coefficient (Wildman–Crippen LogP) is 34.4. The van der Waals surface area contributed by atoms with Gasteiger partial charge in [-0.3, -0.25) is 19.5 Å². The Kier molecular flexibility index (Phi) is 20.6. The molecule has 0 aliphatic heterocycles. The van der Waals surface area contributed by atoms with Crippen LogP contribution in [-0.2, 0) is 0 Å². The van der Waals surface area contributed by atoms with Crippen molar-refractivity contribution in [2.24, 2.45) is 0 Å². The molecule has 0 bridgehead atoms. The molecule has 7 aromatic heterocycles. The number of pyridine rings is 3. The fourth-order valence-electron chi connectivity index (χ4n) is 20.8. The van der Waals surface area contributed by atoms with Crippen LogP contribution in [0.15, 0.2) is 492 Å². The molecule has 7 heterocycles. The number of nitrogens with zero attached hydrogens (tertiary/aromatic N) is 9. The van der Waals surface area contributed by atoms with Gasteiger partial charge in [0, 0.05) is 99.9 Å². The van der Waals surface area contributed by atoms with Gasteiger partial charge in [0.25, 0.3) is 0 Å². The van der Waals surface area contributed by atoms with Crippen LogP contribution >= 0.6 is 11.3 Å². The number of benzene rings is 21. The highest BCUT2D eigenvalue weighted by molar-refractivity contribution is 7.26. The first kappa shape index (κ1) is 82.2. The van der Waals surface area contributed by atoms with Crippen LogP contribution in [0.3, 0.4) is 0 Å². The number of hydrogen-bond acceptors (Lipinski definition) is 9. The SMILES string of the molecule is c1ccc(-c2nc(-c3ccc(-c4ccc(-c5cc6cccnc6c6ccccc56)cc4)c4ccccc34)nc3c2sc2ccccc23)cc1.c1ccc(-c2nc(-c3ccc(-c4ccc(-c5cc6cccnc6c6ccccc56)cc4)c4ccccc34)nc3ccccc23)cc1.c1ccc(-n2c(-c3ccc(-c4ccc(-c5cc6cccnc6c6ccccc56)cc4)c4ccccc34)nc3ccccc32)cc1. The third-order valence-corrected chi connectivity index (χ3v) is 28.5. The van der Waals surface area contributed by atoms with Gasteiger partial charge in [-0.2, -0.15) is 0 Å². The lowest BCUT2D eigenvalue weighted by Gasteiger charge is -2.15. The zero-order chi connectivity index (χ0) is 92.5. The minimum absolute atomic E-state index is 0.730. The van der Waals surface area contributed by atoms with Gasteiger partial charge in [0.2, 0.25) is 0 Å². The maximum absolute atomic E-state index is 5.28. The van der Waals surface area contributed by atoms with Crippen LogP contribution in [0.5, 0.6) is 0 Å². The van der Waals surface area contributed by atoms with E-state index in [0.29, 0.717) is 0 Å². The molecule has 652 valence electrons. The summed E-state index contributed by atoms with van der Waals surface area (Å²) in [7, 11) is 0. The van der Waals surface area contributed by atoms with E-state index in [1.807, 2.05) is 61.1 Å². The lowest BCUT2D eigenvalue weighted by molar-refractivity contribution is 1.11. The second kappa shape index (κ2) is 35.1. The molecule has 0 fully saturated rings. The van der Waals surface area contributed by atoms with Crippen molar-refractivity contribution in [1.82, 2.24) is 44.4 Å². The Morgan fingerprint density at radius 1 is 0.186 bits per heavy atom. The maximum atomic E-state index is 5.28. The van der Waals surface area contributed by atoms with E-state index in [1.165, 1.54) is 131 Å². The average molecular weight is 1800 g/mol. The van der Waals surface area contributed by atoms with Crippen molar-refractivity contribution < 1.29 is 0 Å². The Balaban J connectivity index is 0.000000108. The van der Waals surface area contributed by atoms with Crippen molar-refractivity contribution in [3.63, 3.8) is 0 Å². The molecule has 28 aromatic rings. The fraction of sp³-hybridized carbons (Fsp3) is 0. The van der Waals surface area contributed by atoms with Crippen molar-refractivity contribution in [2.75, 3.05) is 0 Å². The van der Waals surface area contributed by atoms with Crippen LogP contribution in [0.2, 0.25) is 0 Å². The molecular formula is C130H81N9S. The van der Waals surface area contributed by atoms with Crippen LogP contribution in [0.25, 0.3) is 269 Å². The van der Waals surface area contributed by atoms with E-state index >= 15 is 0 Å². The molecule has 9 nitrogen and oxygen atoms in total. The van der Waals surface area contributed by atoms with E-state index in [9.17, 15) is 0 Å². The molecule has 10 heteroatoms. The smallest absolute Gasteiger partial charge is 0.161 e. The molecule has 0 N–H and O–H groups in total. The number of imidazole rings is 1. The second-order valence-corrected chi connectivity index (χ2v) is 36.4. The number of fused-ring (bicyclic) bond motifs is 17. The largest absolute Gasteiger partial charge is 0.292 e. The summed E-state index contributed by atoms with van der Waals surface area (Å²) in [4.78, 5) is 40.0. The standard InChI is InChI=1S/C45H27N3S.C43H27N3.C42H27N3/c1-2-11-30(12-3-1)42-44-43(38-18-8-9-19-40(38)49-44)48-45(47-42)37-25-24-32(33-14-4-5-15-34(33)37)28-20-22-29(23-21-28)39-27-31-13-10-26-46-41(31)36-17-7-6-16-35(36)39;1-2-11-30(12-3-1)42-38-18-8-9-19-40(38)45-43(46-42)37-25-24-32(33-14-4-5-15-34(33)37)28-20-22-29(23-21-28)39-27-31-13-10-26-44-41(31)36-17-7-6-16-35(36)39;1-2-12-31(13-3-1)45-40-19-9-8-18-39(40)44-42(45)37-25-24-32(33-14-4-5-15-34(33)37)28-20-22-29(23-21-28)38-27-30-11-10-26-43-41(30)36-17-7-6-16-35(36)38/h1-27H;1-27H;1-27H. The van der Waals surface area contributed by atoms with Crippen LogP contribution in [0.1, 0.15) is 0 Å². The van der Waals surface area contributed by atoms with E-state index in [2.05, 4.69) is 445 Å². The van der Waals surface area contributed by atoms with Gasteiger partial charge in [-0.25, -0.2) is 24.9 Å². The fourth-order valence-corrected chi connectivity index (χ4v) is 21.9. The van der Waals surface area contributed by atoms with Crippen molar-refractivity contribution in [3.8, 4) is 129 Å². The van der Waals surface area contributed by atoms with Crippen LogP contribution in [0.4, 0.5) is 0 Å². The Bertz CT molecular complexity index is 9750. The van der Waals surface area contributed by atoms with Gasteiger partial charge >= 0.3 is 0 Å². The summed E-state index contributed by atoms with van der Waals surface area (Å²) in [5.41, 5.74) is 29.8. The summed E-state index contributed by atoms with van der Waals surface area (Å²) in [5, 5.41) is 19.8. The molecule has 0 saturated heterocycles. The van der Waals surface area contributed by atoms with Crippen LogP contribution in [-0.4, -0.2) is 44.4 Å². The van der Waals surface area contributed by atoms with E-state index in [0.717, 1.165) is 138 Å².